The van der Waals surface area contributed by atoms with E-state index >= 15 is 0 Å². The van der Waals surface area contributed by atoms with Gasteiger partial charge in [-0.15, -0.1) is 0 Å². The van der Waals surface area contributed by atoms with Crippen LogP contribution in [0.5, 0.6) is 0 Å². The summed E-state index contributed by atoms with van der Waals surface area (Å²) in [6.07, 6.45) is 6.14. The van der Waals surface area contributed by atoms with Gasteiger partial charge in [-0.05, 0) is 62.2 Å². The van der Waals surface area contributed by atoms with Crippen LogP contribution < -0.4 is 0 Å². The van der Waals surface area contributed by atoms with Gasteiger partial charge in [-0.25, -0.2) is 0 Å². The molecule has 6 nitrogen and oxygen atoms in total. The van der Waals surface area contributed by atoms with E-state index in [2.05, 4.69) is 26.8 Å². The molecule has 8 atom stereocenters. The van der Waals surface area contributed by atoms with E-state index < -0.39 is 34.8 Å². The van der Waals surface area contributed by atoms with Crippen LogP contribution in [0, 0.1) is 45.8 Å². The van der Waals surface area contributed by atoms with Gasteiger partial charge >= 0.3 is 11.9 Å². The molecule has 0 aromatic heterocycles. The zero-order chi connectivity index (χ0) is 22.1. The van der Waals surface area contributed by atoms with Gasteiger partial charge in [0.25, 0.3) is 6.47 Å². The minimum Gasteiger partial charge on any atom is -0.481 e. The molecule has 2 N–H and O–H groups in total. The van der Waals surface area contributed by atoms with Crippen LogP contribution in [0.4, 0.5) is 0 Å². The number of fused-ring (bicyclic) bond motifs is 2. The second-order valence-electron chi connectivity index (χ2n) is 11.0. The Labute approximate surface area is 178 Å². The van der Waals surface area contributed by atoms with Gasteiger partial charge in [0.05, 0.1) is 5.41 Å². The highest BCUT2D eigenvalue weighted by molar-refractivity contribution is 5.76. The van der Waals surface area contributed by atoms with Gasteiger partial charge in [0.2, 0.25) is 0 Å². The van der Waals surface area contributed by atoms with E-state index in [9.17, 15) is 24.6 Å². The Morgan fingerprint density at radius 2 is 1.87 bits per heavy atom. The molecule has 3 saturated carbocycles. The van der Waals surface area contributed by atoms with Crippen LogP contribution in [0.1, 0.15) is 66.2 Å². The van der Waals surface area contributed by atoms with Crippen molar-refractivity contribution in [2.24, 2.45) is 45.8 Å². The highest BCUT2D eigenvalue weighted by Crippen LogP contribution is 2.72. The molecule has 0 heterocycles. The monoisotopic (exact) mass is 418 g/mol. The molecule has 0 amide bonds. The topological polar surface area (TPSA) is 101 Å². The van der Waals surface area contributed by atoms with Crippen molar-refractivity contribution in [1.29, 1.82) is 0 Å². The largest absolute Gasteiger partial charge is 0.481 e. The van der Waals surface area contributed by atoms with E-state index in [0.717, 1.165) is 19.3 Å². The number of hydrogen-bond donors (Lipinski definition) is 2. The molecule has 8 unspecified atom stereocenters. The lowest BCUT2D eigenvalue weighted by atomic mass is 9.35. The van der Waals surface area contributed by atoms with Crippen molar-refractivity contribution in [2.45, 2.75) is 72.3 Å². The van der Waals surface area contributed by atoms with Crippen LogP contribution >= 0.6 is 0 Å². The molecule has 0 aromatic rings. The SMILES string of the molecule is CC(C)C1=CC23CCC4C(C)(C(=O)O)CCCC4(C)C2CC1C(OC=O)C3C(=O)O. The van der Waals surface area contributed by atoms with Crippen molar-refractivity contribution >= 4 is 18.4 Å². The highest BCUT2D eigenvalue weighted by atomic mass is 16.5. The first kappa shape index (κ1) is 21.4. The summed E-state index contributed by atoms with van der Waals surface area (Å²) in [6.45, 7) is 8.73. The number of carbonyl (C=O) groups excluding carboxylic acids is 1. The van der Waals surface area contributed by atoms with Crippen LogP contribution in [0.15, 0.2) is 11.6 Å². The molecule has 2 bridgehead atoms. The molecular formula is C24H34O6. The van der Waals surface area contributed by atoms with Crippen molar-refractivity contribution < 1.29 is 29.3 Å². The summed E-state index contributed by atoms with van der Waals surface area (Å²) in [5.74, 6) is -2.16. The Kier molecular flexibility index (Phi) is 4.87. The molecule has 0 saturated heterocycles. The van der Waals surface area contributed by atoms with E-state index in [0.29, 0.717) is 25.7 Å². The van der Waals surface area contributed by atoms with E-state index in [1.807, 2.05) is 6.92 Å². The van der Waals surface area contributed by atoms with Gasteiger partial charge in [-0.2, -0.15) is 0 Å². The molecule has 5 rings (SSSR count). The maximum absolute atomic E-state index is 12.5. The number of aliphatic carboxylic acids is 2. The fraction of sp³-hybridized carbons (Fsp3) is 0.792. The molecule has 0 aromatic carbocycles. The second-order valence-corrected chi connectivity index (χ2v) is 11.0. The van der Waals surface area contributed by atoms with Gasteiger partial charge < -0.3 is 14.9 Å². The van der Waals surface area contributed by atoms with Crippen LogP contribution in [-0.4, -0.2) is 34.7 Å². The summed E-state index contributed by atoms with van der Waals surface area (Å²) in [6, 6.07) is 0. The minimum atomic E-state index is -0.908. The Morgan fingerprint density at radius 1 is 1.17 bits per heavy atom. The quantitative estimate of drug-likeness (QED) is 0.514. The van der Waals surface area contributed by atoms with Crippen LogP contribution in [-0.2, 0) is 19.1 Å². The molecule has 30 heavy (non-hydrogen) atoms. The van der Waals surface area contributed by atoms with Gasteiger partial charge in [0.15, 0.2) is 0 Å². The third-order valence-corrected chi connectivity index (χ3v) is 9.58. The lowest BCUT2D eigenvalue weighted by Crippen LogP contribution is -2.67. The summed E-state index contributed by atoms with van der Waals surface area (Å²) in [5, 5.41) is 20.3. The molecule has 5 aliphatic rings. The van der Waals surface area contributed by atoms with E-state index in [1.54, 1.807) is 0 Å². The molecule has 0 aliphatic heterocycles. The number of carboxylic acid groups (broad SMARTS) is 2. The van der Waals surface area contributed by atoms with Crippen LogP contribution in [0.2, 0.25) is 0 Å². The van der Waals surface area contributed by atoms with Gasteiger partial charge in [0.1, 0.15) is 12.0 Å². The van der Waals surface area contributed by atoms with E-state index in [4.69, 9.17) is 4.74 Å². The fourth-order valence-corrected chi connectivity index (χ4v) is 8.41. The van der Waals surface area contributed by atoms with Crippen molar-refractivity contribution in [3.63, 3.8) is 0 Å². The Hall–Kier alpha value is -1.85. The first-order valence-electron chi connectivity index (χ1n) is 11.3. The average molecular weight is 419 g/mol. The standard InChI is InChI=1S/C24H34O6/c1-13(2)15-11-24-9-6-16-22(3,7-5-8-23(16,4)21(28)29)17(24)10-14(15)19(30-12-25)18(24)20(26)27/h11-14,16-19H,5-10H2,1-4H3,(H,26,27)(H,28,29). The number of allylic oxidation sites excluding steroid dienone is 1. The predicted molar refractivity (Wildman–Crippen MR) is 109 cm³/mol. The molecule has 0 radical (unpaired) electrons. The number of rotatable bonds is 5. The fourth-order valence-electron chi connectivity index (χ4n) is 8.41. The van der Waals surface area contributed by atoms with Crippen molar-refractivity contribution in [1.82, 2.24) is 0 Å². The maximum atomic E-state index is 12.5. The molecule has 3 fully saturated rings. The highest BCUT2D eigenvalue weighted by Gasteiger charge is 2.70. The van der Waals surface area contributed by atoms with Gasteiger partial charge in [-0.3, -0.25) is 14.4 Å². The summed E-state index contributed by atoms with van der Waals surface area (Å²) in [7, 11) is 0. The Bertz CT molecular complexity index is 802. The molecule has 1 spiro atoms. The number of hydrogen-bond acceptors (Lipinski definition) is 4. The van der Waals surface area contributed by atoms with Crippen molar-refractivity contribution in [2.75, 3.05) is 0 Å². The van der Waals surface area contributed by atoms with E-state index in [-0.39, 0.29) is 29.1 Å². The normalized spacial score (nSPS) is 47.1. The number of carbonyl (C=O) groups is 3. The second kappa shape index (κ2) is 6.83. The van der Waals surface area contributed by atoms with Crippen LogP contribution in [0.3, 0.4) is 0 Å². The third kappa shape index (κ3) is 2.57. The molecule has 6 heteroatoms. The average Bonchev–Trinajstić information content (AvgIpc) is 2.66. The third-order valence-electron chi connectivity index (χ3n) is 9.58. The number of carboxylic acids is 2. The lowest BCUT2D eigenvalue weighted by Gasteiger charge is -2.68. The summed E-state index contributed by atoms with van der Waals surface area (Å²) in [4.78, 5) is 36.1. The minimum absolute atomic E-state index is 0.0296. The van der Waals surface area contributed by atoms with Crippen LogP contribution in [0.25, 0.3) is 0 Å². The van der Waals surface area contributed by atoms with Gasteiger partial charge in [0, 0.05) is 11.3 Å². The zero-order valence-corrected chi connectivity index (χ0v) is 18.4. The first-order chi connectivity index (χ1) is 14.0. The lowest BCUT2D eigenvalue weighted by molar-refractivity contribution is -0.215. The molecule has 5 aliphatic carbocycles. The van der Waals surface area contributed by atoms with Crippen molar-refractivity contribution in [3.8, 4) is 0 Å². The van der Waals surface area contributed by atoms with Crippen molar-refractivity contribution in [3.05, 3.63) is 11.6 Å². The predicted octanol–water partition coefficient (Wildman–Crippen LogP) is 4.14. The molecular weight excluding hydrogens is 384 g/mol. The smallest absolute Gasteiger partial charge is 0.311 e. The zero-order valence-electron chi connectivity index (χ0n) is 18.4. The number of ether oxygens (including phenoxy) is 1. The Morgan fingerprint density at radius 3 is 2.43 bits per heavy atom. The summed E-state index contributed by atoms with van der Waals surface area (Å²) >= 11 is 0. The van der Waals surface area contributed by atoms with E-state index in [1.165, 1.54) is 5.57 Å². The summed E-state index contributed by atoms with van der Waals surface area (Å²) in [5.41, 5.74) is -0.390. The summed E-state index contributed by atoms with van der Waals surface area (Å²) < 4.78 is 5.47. The Balaban J connectivity index is 1.87. The first-order valence-corrected chi connectivity index (χ1v) is 11.3. The van der Waals surface area contributed by atoms with Gasteiger partial charge in [-0.1, -0.05) is 38.8 Å². The molecule has 166 valence electrons. The maximum Gasteiger partial charge on any atom is 0.311 e.